The van der Waals surface area contributed by atoms with Gasteiger partial charge in [-0.05, 0) is 30.5 Å². The van der Waals surface area contributed by atoms with Gasteiger partial charge in [0.1, 0.15) is 0 Å². The van der Waals surface area contributed by atoms with Crippen molar-refractivity contribution in [3.63, 3.8) is 0 Å². The van der Waals surface area contributed by atoms with Gasteiger partial charge in [-0.25, -0.2) is 8.42 Å². The third-order valence-corrected chi connectivity index (χ3v) is 4.49. The molecule has 1 N–H and O–H groups in total. The summed E-state index contributed by atoms with van der Waals surface area (Å²) in [7, 11) is -3.19. The molecular formula is C13H18O4S. The van der Waals surface area contributed by atoms with E-state index in [1.165, 1.54) is 0 Å². The summed E-state index contributed by atoms with van der Waals surface area (Å²) in [6.45, 7) is 1.95. The number of rotatable bonds is 7. The molecule has 0 radical (unpaired) electrons. The minimum atomic E-state index is -3.19. The molecule has 0 spiro atoms. The van der Waals surface area contributed by atoms with Crippen LogP contribution in [0.2, 0.25) is 0 Å². The second-order valence-electron chi connectivity index (χ2n) is 4.21. The Morgan fingerprint density at radius 1 is 1.22 bits per heavy atom. The van der Waals surface area contributed by atoms with E-state index in [-0.39, 0.29) is 12.2 Å². The lowest BCUT2D eigenvalue weighted by Gasteiger charge is -2.05. The summed E-state index contributed by atoms with van der Waals surface area (Å²) in [5.41, 5.74) is 0.840. The highest BCUT2D eigenvalue weighted by atomic mass is 32.2. The first kappa shape index (κ1) is 14.7. The van der Waals surface area contributed by atoms with Crippen molar-refractivity contribution in [1.82, 2.24) is 0 Å². The Morgan fingerprint density at radius 2 is 1.83 bits per heavy atom. The molecule has 0 heterocycles. The van der Waals surface area contributed by atoms with Gasteiger partial charge in [0, 0.05) is 6.42 Å². The Balaban J connectivity index is 2.73. The van der Waals surface area contributed by atoms with Gasteiger partial charge in [0.15, 0.2) is 9.84 Å². The molecule has 1 aromatic rings. The zero-order chi connectivity index (χ0) is 13.6. The summed E-state index contributed by atoms with van der Waals surface area (Å²) in [4.78, 5) is 10.7. The molecule has 0 amide bonds. The summed E-state index contributed by atoms with van der Waals surface area (Å²) in [5.74, 6) is -0.688. The van der Waals surface area contributed by atoms with Crippen LogP contribution in [0.5, 0.6) is 0 Å². The predicted molar refractivity (Wildman–Crippen MR) is 69.4 cm³/mol. The fourth-order valence-electron chi connectivity index (χ4n) is 1.57. The summed E-state index contributed by atoms with van der Waals surface area (Å²) in [5, 5.41) is 8.56. The molecule has 100 valence electrons. The van der Waals surface area contributed by atoms with Crippen molar-refractivity contribution in [3.05, 3.63) is 29.8 Å². The average molecular weight is 270 g/mol. The molecule has 5 heteroatoms. The second-order valence-corrected chi connectivity index (χ2v) is 6.32. The van der Waals surface area contributed by atoms with Crippen molar-refractivity contribution in [2.45, 2.75) is 37.5 Å². The topological polar surface area (TPSA) is 71.4 Å². The Bertz CT molecular complexity index is 488. The molecule has 0 aromatic heterocycles. The second kappa shape index (κ2) is 6.54. The van der Waals surface area contributed by atoms with Crippen LogP contribution in [0.25, 0.3) is 0 Å². The molecule has 0 fully saturated rings. The van der Waals surface area contributed by atoms with Crippen LogP contribution >= 0.6 is 0 Å². The molecule has 18 heavy (non-hydrogen) atoms. The van der Waals surface area contributed by atoms with Gasteiger partial charge >= 0.3 is 5.97 Å². The maximum absolute atomic E-state index is 11.9. The van der Waals surface area contributed by atoms with Gasteiger partial charge in [0.2, 0.25) is 0 Å². The lowest BCUT2D eigenvalue weighted by Crippen LogP contribution is -2.06. The van der Waals surface area contributed by atoms with E-state index in [1.54, 1.807) is 24.3 Å². The quantitative estimate of drug-likeness (QED) is 0.825. The first-order valence-electron chi connectivity index (χ1n) is 5.99. The van der Waals surface area contributed by atoms with E-state index in [1.807, 2.05) is 6.92 Å². The number of aliphatic carboxylic acids is 1. The Labute approximate surface area is 108 Å². The zero-order valence-electron chi connectivity index (χ0n) is 10.4. The largest absolute Gasteiger partial charge is 0.481 e. The van der Waals surface area contributed by atoms with Gasteiger partial charge < -0.3 is 5.11 Å². The van der Waals surface area contributed by atoms with E-state index in [4.69, 9.17) is 5.11 Å². The fourth-order valence-corrected chi connectivity index (χ4v) is 3.02. The number of unbranched alkanes of at least 4 members (excludes halogenated alkanes) is 1. The van der Waals surface area contributed by atoms with Gasteiger partial charge in [-0.3, -0.25) is 4.79 Å². The normalized spacial score (nSPS) is 11.4. The van der Waals surface area contributed by atoms with Crippen LogP contribution in [-0.2, 0) is 21.1 Å². The molecule has 0 unspecified atom stereocenters. The smallest absolute Gasteiger partial charge is 0.303 e. The highest BCUT2D eigenvalue weighted by molar-refractivity contribution is 7.91. The van der Waals surface area contributed by atoms with Crippen LogP contribution in [0.3, 0.4) is 0 Å². The Morgan fingerprint density at radius 3 is 2.33 bits per heavy atom. The van der Waals surface area contributed by atoms with Gasteiger partial charge in [-0.1, -0.05) is 25.5 Å². The van der Waals surface area contributed by atoms with Crippen LogP contribution < -0.4 is 0 Å². The zero-order valence-corrected chi connectivity index (χ0v) is 11.2. The molecule has 0 atom stereocenters. The van der Waals surface area contributed by atoms with E-state index in [2.05, 4.69) is 0 Å². The third-order valence-electron chi connectivity index (χ3n) is 2.68. The molecule has 0 saturated carbocycles. The van der Waals surface area contributed by atoms with Gasteiger partial charge in [0.05, 0.1) is 10.6 Å². The van der Waals surface area contributed by atoms with Crippen molar-refractivity contribution < 1.29 is 18.3 Å². The van der Waals surface area contributed by atoms with Gasteiger partial charge in [-0.2, -0.15) is 0 Å². The molecule has 1 rings (SSSR count). The molecule has 0 saturated heterocycles. The first-order chi connectivity index (χ1) is 8.45. The molecule has 4 nitrogen and oxygen atoms in total. The van der Waals surface area contributed by atoms with Crippen molar-refractivity contribution in [3.8, 4) is 0 Å². The van der Waals surface area contributed by atoms with Crippen LogP contribution in [0.4, 0.5) is 0 Å². The average Bonchev–Trinajstić information content (AvgIpc) is 2.34. The maximum Gasteiger partial charge on any atom is 0.303 e. The summed E-state index contributed by atoms with van der Waals surface area (Å²) < 4.78 is 23.7. The summed E-state index contributed by atoms with van der Waals surface area (Å²) in [6.07, 6.45) is 1.98. The number of sulfone groups is 1. The van der Waals surface area contributed by atoms with E-state index < -0.39 is 15.8 Å². The van der Waals surface area contributed by atoms with E-state index in [9.17, 15) is 13.2 Å². The molecule has 0 aliphatic carbocycles. The Kier molecular flexibility index (Phi) is 5.34. The van der Waals surface area contributed by atoms with Gasteiger partial charge in [0.25, 0.3) is 0 Å². The lowest BCUT2D eigenvalue weighted by atomic mass is 10.1. The molecule has 0 aliphatic heterocycles. The number of carboxylic acid groups (broad SMARTS) is 1. The van der Waals surface area contributed by atoms with E-state index in [0.717, 1.165) is 12.0 Å². The van der Waals surface area contributed by atoms with Crippen molar-refractivity contribution in [2.24, 2.45) is 0 Å². The number of aryl methyl sites for hydroxylation is 1. The molecule has 0 bridgehead atoms. The van der Waals surface area contributed by atoms with Gasteiger partial charge in [-0.15, -0.1) is 0 Å². The van der Waals surface area contributed by atoms with E-state index >= 15 is 0 Å². The minimum Gasteiger partial charge on any atom is -0.481 e. The summed E-state index contributed by atoms with van der Waals surface area (Å²) >= 11 is 0. The Hall–Kier alpha value is -1.36. The van der Waals surface area contributed by atoms with Crippen molar-refractivity contribution >= 4 is 15.8 Å². The number of benzene rings is 1. The molecule has 1 aromatic carbocycles. The standard InChI is InChI=1S/C13H18O4S/c1-2-3-10-18(16,17)12-7-4-11(5-8-12)6-9-13(14)15/h4-5,7-8H,2-3,6,9-10H2,1H3,(H,14,15). The first-order valence-corrected chi connectivity index (χ1v) is 7.64. The fraction of sp³-hybridized carbons (Fsp3) is 0.462. The number of carboxylic acids is 1. The minimum absolute atomic E-state index is 0.0575. The van der Waals surface area contributed by atoms with E-state index in [0.29, 0.717) is 17.7 Å². The van der Waals surface area contributed by atoms with Crippen molar-refractivity contribution in [2.75, 3.05) is 5.75 Å². The number of hydrogen-bond donors (Lipinski definition) is 1. The summed E-state index contributed by atoms with van der Waals surface area (Å²) in [6, 6.07) is 6.48. The molecular weight excluding hydrogens is 252 g/mol. The van der Waals surface area contributed by atoms with Crippen molar-refractivity contribution in [1.29, 1.82) is 0 Å². The number of carbonyl (C=O) groups is 1. The molecule has 0 aliphatic rings. The van der Waals surface area contributed by atoms with Crippen LogP contribution in [0, 0.1) is 0 Å². The third kappa shape index (κ3) is 4.49. The van der Waals surface area contributed by atoms with Crippen LogP contribution in [0.1, 0.15) is 31.7 Å². The SMILES string of the molecule is CCCCS(=O)(=O)c1ccc(CCC(=O)O)cc1. The number of hydrogen-bond acceptors (Lipinski definition) is 3. The van der Waals surface area contributed by atoms with Crippen LogP contribution in [0.15, 0.2) is 29.2 Å². The maximum atomic E-state index is 11.9. The highest BCUT2D eigenvalue weighted by Crippen LogP contribution is 2.14. The highest BCUT2D eigenvalue weighted by Gasteiger charge is 2.13. The lowest BCUT2D eigenvalue weighted by molar-refractivity contribution is -0.136. The predicted octanol–water partition coefficient (Wildman–Crippen LogP) is 2.28. The monoisotopic (exact) mass is 270 g/mol. The van der Waals surface area contributed by atoms with Crippen LogP contribution in [-0.4, -0.2) is 25.2 Å².